The number of rotatable bonds is 3. The van der Waals surface area contributed by atoms with Gasteiger partial charge in [0, 0.05) is 15.3 Å². The predicted molar refractivity (Wildman–Crippen MR) is 69.2 cm³/mol. The molecule has 4 heteroatoms. The largest absolute Gasteiger partial charge is 0.347 e. The normalized spacial score (nSPS) is 10.1. The first-order valence-electron chi connectivity index (χ1n) is 4.85. The van der Waals surface area contributed by atoms with E-state index in [-0.39, 0.29) is 5.91 Å². The first-order valence-corrected chi connectivity index (χ1v) is 6.18. The van der Waals surface area contributed by atoms with Gasteiger partial charge in [-0.2, -0.15) is 0 Å². The molecule has 0 fully saturated rings. The molecule has 0 aliphatic heterocycles. The van der Waals surface area contributed by atoms with Crippen LogP contribution in [0.25, 0.3) is 0 Å². The van der Waals surface area contributed by atoms with E-state index in [0.29, 0.717) is 12.1 Å². The Morgan fingerprint density at radius 3 is 2.62 bits per heavy atom. The molecule has 1 heterocycles. The number of thiol groups is 1. The van der Waals surface area contributed by atoms with Crippen LogP contribution < -0.4 is 5.32 Å². The zero-order valence-electron chi connectivity index (χ0n) is 8.51. The minimum atomic E-state index is -0.0540. The summed E-state index contributed by atoms with van der Waals surface area (Å²) in [5, 5.41) is 4.86. The molecule has 0 unspecified atom stereocenters. The van der Waals surface area contributed by atoms with E-state index in [1.165, 1.54) is 0 Å². The lowest BCUT2D eigenvalue weighted by atomic mass is 10.2. The Morgan fingerprint density at radius 1 is 1.25 bits per heavy atom. The van der Waals surface area contributed by atoms with Crippen LogP contribution in [0.4, 0.5) is 0 Å². The molecule has 1 N–H and O–H groups in total. The topological polar surface area (TPSA) is 29.1 Å². The first-order chi connectivity index (χ1) is 7.75. The Bertz CT molecular complexity index is 462. The molecule has 82 valence electrons. The van der Waals surface area contributed by atoms with Crippen LogP contribution in [-0.4, -0.2) is 5.91 Å². The fraction of sp³-hybridized carbons (Fsp3) is 0.0833. The molecule has 1 amide bonds. The Morgan fingerprint density at radius 2 is 2.00 bits per heavy atom. The van der Waals surface area contributed by atoms with Gasteiger partial charge in [0.25, 0.3) is 5.91 Å². The number of carbonyl (C=O) groups is 1. The highest BCUT2D eigenvalue weighted by molar-refractivity contribution is 7.80. The maximum Gasteiger partial charge on any atom is 0.251 e. The molecule has 0 saturated heterocycles. The van der Waals surface area contributed by atoms with Crippen molar-refractivity contribution in [3.05, 3.63) is 52.2 Å². The molecule has 0 radical (unpaired) electrons. The van der Waals surface area contributed by atoms with Crippen LogP contribution in [0.3, 0.4) is 0 Å². The number of thiophene rings is 1. The third-order valence-electron chi connectivity index (χ3n) is 2.13. The van der Waals surface area contributed by atoms with E-state index in [9.17, 15) is 4.79 Å². The van der Waals surface area contributed by atoms with Crippen LogP contribution in [0.15, 0.2) is 46.7 Å². The summed E-state index contributed by atoms with van der Waals surface area (Å²) in [6, 6.07) is 11.1. The molecule has 0 atom stereocenters. The van der Waals surface area contributed by atoms with Gasteiger partial charge in [-0.1, -0.05) is 6.07 Å². The van der Waals surface area contributed by atoms with E-state index in [0.717, 1.165) is 9.77 Å². The van der Waals surface area contributed by atoms with Crippen molar-refractivity contribution in [1.82, 2.24) is 5.32 Å². The van der Waals surface area contributed by atoms with E-state index >= 15 is 0 Å². The lowest BCUT2D eigenvalue weighted by molar-refractivity contribution is 0.0951. The van der Waals surface area contributed by atoms with E-state index in [1.807, 2.05) is 29.6 Å². The molecule has 2 nitrogen and oxygen atoms in total. The number of hydrogen-bond acceptors (Lipinski definition) is 3. The molecule has 0 aliphatic carbocycles. The highest BCUT2D eigenvalue weighted by Crippen LogP contribution is 2.10. The third kappa shape index (κ3) is 2.87. The van der Waals surface area contributed by atoms with Crippen molar-refractivity contribution in [2.24, 2.45) is 0 Å². The highest BCUT2D eigenvalue weighted by Gasteiger charge is 2.04. The van der Waals surface area contributed by atoms with Crippen LogP contribution in [0, 0.1) is 0 Å². The van der Waals surface area contributed by atoms with Gasteiger partial charge in [0.1, 0.15) is 0 Å². The zero-order chi connectivity index (χ0) is 11.4. The summed E-state index contributed by atoms with van der Waals surface area (Å²) in [4.78, 5) is 13.7. The molecular weight excluding hydrogens is 238 g/mol. The molecule has 1 aromatic carbocycles. The molecule has 0 bridgehead atoms. The zero-order valence-corrected chi connectivity index (χ0v) is 10.2. The first kappa shape index (κ1) is 11.2. The van der Waals surface area contributed by atoms with Crippen molar-refractivity contribution in [2.75, 3.05) is 0 Å². The van der Waals surface area contributed by atoms with Gasteiger partial charge >= 0.3 is 0 Å². The van der Waals surface area contributed by atoms with Crippen molar-refractivity contribution >= 4 is 29.9 Å². The lowest BCUT2D eigenvalue weighted by Gasteiger charge is -2.03. The summed E-state index contributed by atoms with van der Waals surface area (Å²) in [6.45, 7) is 0.582. The fourth-order valence-electron chi connectivity index (χ4n) is 1.30. The van der Waals surface area contributed by atoms with Crippen LogP contribution in [0.1, 0.15) is 15.2 Å². The molecular formula is C12H11NOS2. The van der Waals surface area contributed by atoms with E-state index in [2.05, 4.69) is 17.9 Å². The molecule has 1 aromatic heterocycles. The molecule has 16 heavy (non-hydrogen) atoms. The Kier molecular flexibility index (Phi) is 3.64. The number of nitrogens with one attached hydrogen (secondary N) is 1. The summed E-state index contributed by atoms with van der Waals surface area (Å²) in [5.41, 5.74) is 0.661. The second kappa shape index (κ2) is 5.18. The van der Waals surface area contributed by atoms with E-state index in [1.54, 1.807) is 23.5 Å². The predicted octanol–water partition coefficient (Wildman–Crippen LogP) is 2.97. The Labute approximate surface area is 104 Å². The maximum atomic E-state index is 11.7. The molecule has 0 saturated carbocycles. The van der Waals surface area contributed by atoms with E-state index in [4.69, 9.17) is 0 Å². The van der Waals surface area contributed by atoms with Gasteiger partial charge < -0.3 is 5.32 Å². The molecule has 2 rings (SSSR count). The third-order valence-corrected chi connectivity index (χ3v) is 3.31. The second-order valence-corrected chi connectivity index (χ2v) is 4.86. The standard InChI is InChI=1S/C12H11NOS2/c14-12(9-3-5-10(15)6-4-9)13-8-11-2-1-7-16-11/h1-7,15H,8H2,(H,13,14). The van der Waals surface area contributed by atoms with Crippen molar-refractivity contribution in [3.63, 3.8) is 0 Å². The monoisotopic (exact) mass is 249 g/mol. The van der Waals surface area contributed by atoms with E-state index < -0.39 is 0 Å². The fourth-order valence-corrected chi connectivity index (χ4v) is 2.09. The lowest BCUT2D eigenvalue weighted by Crippen LogP contribution is -2.22. The van der Waals surface area contributed by atoms with Gasteiger partial charge in [-0.25, -0.2) is 0 Å². The Balaban J connectivity index is 1.95. The molecule has 0 spiro atoms. The Hall–Kier alpha value is -1.26. The molecule has 2 aromatic rings. The number of carbonyl (C=O) groups excluding carboxylic acids is 1. The maximum absolute atomic E-state index is 11.7. The van der Waals surface area contributed by atoms with Gasteiger partial charge in [0.2, 0.25) is 0 Å². The van der Waals surface area contributed by atoms with Gasteiger partial charge in [0.15, 0.2) is 0 Å². The SMILES string of the molecule is O=C(NCc1cccs1)c1ccc(S)cc1. The van der Waals surface area contributed by atoms with Crippen molar-refractivity contribution in [2.45, 2.75) is 11.4 Å². The average Bonchev–Trinajstić information content (AvgIpc) is 2.80. The summed E-state index contributed by atoms with van der Waals surface area (Å²) < 4.78 is 0. The van der Waals surface area contributed by atoms with Gasteiger partial charge in [0.05, 0.1) is 6.54 Å². The van der Waals surface area contributed by atoms with Crippen molar-refractivity contribution in [3.8, 4) is 0 Å². The number of amides is 1. The van der Waals surface area contributed by atoms with Crippen LogP contribution in [0.2, 0.25) is 0 Å². The molecule has 0 aliphatic rings. The minimum absolute atomic E-state index is 0.0540. The second-order valence-electron chi connectivity index (χ2n) is 3.31. The summed E-state index contributed by atoms with van der Waals surface area (Å²) >= 11 is 5.81. The van der Waals surface area contributed by atoms with Gasteiger partial charge in [-0.15, -0.1) is 24.0 Å². The van der Waals surface area contributed by atoms with Crippen LogP contribution >= 0.6 is 24.0 Å². The highest BCUT2D eigenvalue weighted by atomic mass is 32.1. The van der Waals surface area contributed by atoms with Crippen LogP contribution in [0.5, 0.6) is 0 Å². The van der Waals surface area contributed by atoms with Crippen molar-refractivity contribution in [1.29, 1.82) is 0 Å². The quantitative estimate of drug-likeness (QED) is 0.805. The van der Waals surface area contributed by atoms with Crippen LogP contribution in [-0.2, 0) is 6.54 Å². The number of benzene rings is 1. The van der Waals surface area contributed by atoms with Crippen molar-refractivity contribution < 1.29 is 4.79 Å². The summed E-state index contributed by atoms with van der Waals surface area (Å²) in [5.74, 6) is -0.0540. The number of hydrogen-bond donors (Lipinski definition) is 2. The summed E-state index contributed by atoms with van der Waals surface area (Å²) in [7, 11) is 0. The average molecular weight is 249 g/mol. The van der Waals surface area contributed by atoms with Gasteiger partial charge in [-0.05, 0) is 35.7 Å². The minimum Gasteiger partial charge on any atom is -0.347 e. The summed E-state index contributed by atoms with van der Waals surface area (Å²) in [6.07, 6.45) is 0. The van der Waals surface area contributed by atoms with Gasteiger partial charge in [-0.3, -0.25) is 4.79 Å². The smallest absolute Gasteiger partial charge is 0.251 e.